The molecule has 0 spiro atoms. The van der Waals surface area contributed by atoms with Crippen molar-refractivity contribution < 1.29 is 29.1 Å². The highest BCUT2D eigenvalue weighted by Crippen LogP contribution is 2.50. The van der Waals surface area contributed by atoms with Crippen LogP contribution in [0.5, 0.6) is 11.5 Å². The molecule has 3 aliphatic rings. The molecule has 4 atom stereocenters. The zero-order valence-corrected chi connectivity index (χ0v) is 26.4. The number of hydrogen-bond acceptors (Lipinski definition) is 7. The van der Waals surface area contributed by atoms with Gasteiger partial charge in [-0.25, -0.2) is 4.90 Å². The number of fused-ring (bicyclic) bond motifs is 3. The summed E-state index contributed by atoms with van der Waals surface area (Å²) in [6, 6.07) is 19.5. The summed E-state index contributed by atoms with van der Waals surface area (Å²) < 4.78 is 12.4. The van der Waals surface area contributed by atoms with Crippen molar-refractivity contribution in [3.8, 4) is 11.5 Å². The van der Waals surface area contributed by atoms with Gasteiger partial charge >= 0.3 is 0 Å². The Morgan fingerprint density at radius 3 is 2.61 bits per heavy atom. The van der Waals surface area contributed by atoms with Gasteiger partial charge in [0, 0.05) is 18.1 Å². The number of imide groups is 1. The molecule has 1 aliphatic carbocycles. The fourth-order valence-corrected chi connectivity index (χ4v) is 7.53. The lowest BCUT2D eigenvalue weighted by Crippen LogP contribution is -2.34. The van der Waals surface area contributed by atoms with E-state index in [0.29, 0.717) is 35.2 Å². The van der Waals surface area contributed by atoms with E-state index in [-0.39, 0.29) is 41.0 Å². The largest absolute Gasteiger partial charge is 0.504 e. The molecule has 0 unspecified atom stereocenters. The zero-order chi connectivity index (χ0) is 31.1. The molecule has 2 heterocycles. The molecule has 0 aromatic heterocycles. The molecule has 226 valence electrons. The summed E-state index contributed by atoms with van der Waals surface area (Å²) in [5, 5.41) is 21.7. The maximum absolute atomic E-state index is 13.8. The van der Waals surface area contributed by atoms with Gasteiger partial charge in [-0.1, -0.05) is 48.0 Å². The van der Waals surface area contributed by atoms with Gasteiger partial charge in [-0.15, -0.1) is 0 Å². The van der Waals surface area contributed by atoms with Gasteiger partial charge < -0.3 is 14.6 Å². The van der Waals surface area contributed by atoms with E-state index in [1.807, 2.05) is 37.3 Å². The number of phenolic OH excluding ortho intramolecular Hbond substituents is 1. The molecule has 0 saturated carbocycles. The van der Waals surface area contributed by atoms with Crippen LogP contribution in [0.25, 0.3) is 11.6 Å². The number of anilines is 1. The van der Waals surface area contributed by atoms with Gasteiger partial charge in [-0.05, 0) is 89.2 Å². The highest BCUT2D eigenvalue weighted by Gasteiger charge is 2.57. The van der Waals surface area contributed by atoms with E-state index in [0.717, 1.165) is 32.7 Å². The molecule has 2 aliphatic heterocycles. The number of nitrogens with zero attached hydrogens (tertiary/aromatic N) is 2. The lowest BCUT2D eigenvalue weighted by atomic mass is 9.70. The van der Waals surface area contributed by atoms with Crippen molar-refractivity contribution >= 4 is 57.4 Å². The van der Waals surface area contributed by atoms with Gasteiger partial charge in [-0.2, -0.15) is 0 Å². The molecule has 2 fully saturated rings. The average molecular weight is 707 g/mol. The molecule has 0 radical (unpaired) electrons. The number of phenols is 1. The fraction of sp³-hybridized carbons (Fsp3) is 0.294. The SMILES string of the molecule is COc1cc(/C=C(/CC[C@H]2OC[C@H]3C2=C(C)C[C@H]2C(=O)N(c4cccc([N+](=O)[O-])c4)C(=O)[C@H]23)c2ccccc2)cc(I)c1O. The van der Waals surface area contributed by atoms with Gasteiger partial charge in [-0.3, -0.25) is 19.7 Å². The normalized spacial score (nSPS) is 23.2. The first-order chi connectivity index (χ1) is 21.2. The Bertz CT molecular complexity index is 1720. The van der Waals surface area contributed by atoms with Crippen LogP contribution in [0.3, 0.4) is 0 Å². The third-order valence-corrected chi connectivity index (χ3v) is 9.71. The number of rotatable bonds is 8. The monoisotopic (exact) mass is 706 g/mol. The molecule has 44 heavy (non-hydrogen) atoms. The maximum atomic E-state index is 13.8. The van der Waals surface area contributed by atoms with Crippen LogP contribution >= 0.6 is 22.6 Å². The molecule has 10 heteroatoms. The number of ether oxygens (including phenoxy) is 2. The quantitative estimate of drug-likeness (QED) is 0.0686. The van der Waals surface area contributed by atoms with Crippen LogP contribution < -0.4 is 9.64 Å². The third-order valence-electron chi connectivity index (χ3n) is 8.88. The highest BCUT2D eigenvalue weighted by atomic mass is 127. The number of carbonyl (C=O) groups is 2. The summed E-state index contributed by atoms with van der Waals surface area (Å²) in [5.41, 5.74) is 5.31. The minimum Gasteiger partial charge on any atom is -0.504 e. The topological polar surface area (TPSA) is 119 Å². The second-order valence-electron chi connectivity index (χ2n) is 11.4. The number of amides is 2. The Balaban J connectivity index is 1.26. The second kappa shape index (κ2) is 12.2. The minimum atomic E-state index is -0.555. The first-order valence-corrected chi connectivity index (χ1v) is 15.5. The average Bonchev–Trinajstić information content (AvgIpc) is 3.55. The number of non-ortho nitro benzene ring substituents is 1. The van der Waals surface area contributed by atoms with Crippen molar-refractivity contribution in [2.75, 3.05) is 18.6 Å². The van der Waals surface area contributed by atoms with E-state index in [4.69, 9.17) is 9.47 Å². The Kier molecular flexibility index (Phi) is 8.30. The van der Waals surface area contributed by atoms with Gasteiger partial charge in [0.25, 0.3) is 5.69 Å². The van der Waals surface area contributed by atoms with Crippen molar-refractivity contribution in [2.45, 2.75) is 32.3 Å². The van der Waals surface area contributed by atoms with Crippen LogP contribution in [0.1, 0.15) is 37.3 Å². The predicted octanol–water partition coefficient (Wildman–Crippen LogP) is 6.78. The number of benzene rings is 3. The minimum absolute atomic E-state index is 0.110. The highest BCUT2D eigenvalue weighted by molar-refractivity contribution is 14.1. The lowest BCUT2D eigenvalue weighted by molar-refractivity contribution is -0.384. The summed E-state index contributed by atoms with van der Waals surface area (Å²) in [6.07, 6.45) is 3.74. The van der Waals surface area contributed by atoms with Crippen molar-refractivity contribution in [3.05, 3.63) is 103 Å². The number of allylic oxidation sites excluding steroid dienone is 2. The van der Waals surface area contributed by atoms with E-state index in [1.165, 1.54) is 25.3 Å². The number of hydrogen-bond donors (Lipinski definition) is 1. The third kappa shape index (κ3) is 5.41. The summed E-state index contributed by atoms with van der Waals surface area (Å²) in [7, 11) is 1.53. The van der Waals surface area contributed by atoms with E-state index in [1.54, 1.807) is 6.07 Å². The van der Waals surface area contributed by atoms with E-state index in [9.17, 15) is 24.8 Å². The molecule has 2 amide bonds. The number of aromatic hydroxyl groups is 1. The smallest absolute Gasteiger partial charge is 0.271 e. The van der Waals surface area contributed by atoms with Gasteiger partial charge in [0.2, 0.25) is 11.8 Å². The number of halogens is 1. The predicted molar refractivity (Wildman–Crippen MR) is 174 cm³/mol. The molecule has 3 aromatic rings. The van der Waals surface area contributed by atoms with Crippen LogP contribution in [-0.2, 0) is 14.3 Å². The van der Waals surface area contributed by atoms with Crippen LogP contribution in [0.15, 0.2) is 77.9 Å². The first kappa shape index (κ1) is 30.0. The zero-order valence-electron chi connectivity index (χ0n) is 24.2. The van der Waals surface area contributed by atoms with Gasteiger partial charge in [0.1, 0.15) is 0 Å². The number of nitro benzene ring substituents is 1. The summed E-state index contributed by atoms with van der Waals surface area (Å²) in [5.74, 6) is -1.39. The summed E-state index contributed by atoms with van der Waals surface area (Å²) in [6.45, 7) is 2.37. The Morgan fingerprint density at radius 1 is 1.11 bits per heavy atom. The van der Waals surface area contributed by atoms with Crippen molar-refractivity contribution in [2.24, 2.45) is 17.8 Å². The first-order valence-electron chi connectivity index (χ1n) is 14.4. The van der Waals surface area contributed by atoms with Gasteiger partial charge in [0.05, 0.1) is 45.8 Å². The maximum Gasteiger partial charge on any atom is 0.271 e. The number of methoxy groups -OCH3 is 1. The van der Waals surface area contributed by atoms with Crippen molar-refractivity contribution in [1.82, 2.24) is 0 Å². The van der Waals surface area contributed by atoms with Crippen LogP contribution in [-0.4, -0.2) is 41.7 Å². The standard InChI is InChI=1S/C34H31IN2O7/c1-19-13-25-31(34(40)36(33(25)39)23-9-6-10-24(17-23)37(41)42)26-18-44-28(30(19)26)12-11-22(21-7-4-3-5-8-21)14-20-15-27(35)32(38)29(16-20)43-2/h3-10,14-17,25-26,28,31,38H,11-13,18H2,1-2H3/b22-14-/t25-,26+,28-,31-/m1/s1. The molecule has 3 aromatic carbocycles. The molecular weight excluding hydrogens is 675 g/mol. The molecule has 0 bridgehead atoms. The Morgan fingerprint density at radius 2 is 1.89 bits per heavy atom. The summed E-state index contributed by atoms with van der Waals surface area (Å²) in [4.78, 5) is 39.2. The number of nitro groups is 1. The van der Waals surface area contributed by atoms with Crippen molar-refractivity contribution in [1.29, 1.82) is 0 Å². The van der Waals surface area contributed by atoms with E-state index < -0.39 is 16.8 Å². The van der Waals surface area contributed by atoms with E-state index >= 15 is 0 Å². The van der Waals surface area contributed by atoms with Crippen molar-refractivity contribution in [3.63, 3.8) is 0 Å². The van der Waals surface area contributed by atoms with Crippen LogP contribution in [0.4, 0.5) is 11.4 Å². The lowest BCUT2D eigenvalue weighted by Gasteiger charge is -2.30. The number of carbonyl (C=O) groups excluding carboxylic acids is 2. The Labute approximate surface area is 268 Å². The Hall–Kier alpha value is -4.03. The second-order valence-corrected chi connectivity index (χ2v) is 12.6. The van der Waals surface area contributed by atoms with E-state index in [2.05, 4.69) is 40.8 Å². The van der Waals surface area contributed by atoms with Crippen LogP contribution in [0, 0.1) is 31.4 Å². The molecule has 9 nitrogen and oxygen atoms in total. The van der Waals surface area contributed by atoms with Gasteiger partial charge in [0.15, 0.2) is 11.5 Å². The van der Waals surface area contributed by atoms with Crippen LogP contribution in [0.2, 0.25) is 0 Å². The fourth-order valence-electron chi connectivity index (χ4n) is 6.90. The molecular formula is C34H31IN2O7. The molecule has 6 rings (SSSR count). The molecule has 2 saturated heterocycles. The summed E-state index contributed by atoms with van der Waals surface area (Å²) >= 11 is 2.09. The molecule has 1 N–H and O–H groups in total.